The molecule has 0 spiro atoms. The average molecular weight is 307 g/mol. The molecule has 0 bridgehead atoms. The van der Waals surface area contributed by atoms with Gasteiger partial charge in [-0.15, -0.1) is 0 Å². The van der Waals surface area contributed by atoms with Gasteiger partial charge in [0.25, 0.3) is 5.91 Å². The number of nitrogens with one attached hydrogen (secondary N) is 1. The van der Waals surface area contributed by atoms with Crippen molar-refractivity contribution in [3.63, 3.8) is 0 Å². The molecule has 1 aromatic heterocycles. The van der Waals surface area contributed by atoms with E-state index in [1.165, 1.54) is 6.07 Å². The van der Waals surface area contributed by atoms with Gasteiger partial charge < -0.3 is 10.1 Å². The van der Waals surface area contributed by atoms with Crippen molar-refractivity contribution in [3.05, 3.63) is 41.0 Å². The summed E-state index contributed by atoms with van der Waals surface area (Å²) < 4.78 is 23.3. The number of aromatic nitrogens is 2. The van der Waals surface area contributed by atoms with Crippen LogP contribution in [-0.4, -0.2) is 22.7 Å². The van der Waals surface area contributed by atoms with Crippen molar-refractivity contribution in [2.45, 2.75) is 33.2 Å². The zero-order chi connectivity index (χ0) is 16.1. The fourth-order valence-electron chi connectivity index (χ4n) is 1.64. The van der Waals surface area contributed by atoms with Crippen LogP contribution < -0.4 is 10.1 Å². The van der Waals surface area contributed by atoms with Gasteiger partial charge in [0, 0.05) is 12.5 Å². The monoisotopic (exact) mass is 307 g/mol. The zero-order valence-corrected chi connectivity index (χ0v) is 12.7. The van der Waals surface area contributed by atoms with Crippen molar-refractivity contribution >= 4 is 5.91 Å². The Hall–Kier alpha value is -2.44. The van der Waals surface area contributed by atoms with Gasteiger partial charge in [0.2, 0.25) is 0 Å². The van der Waals surface area contributed by atoms with Crippen LogP contribution in [0.5, 0.6) is 6.08 Å². The summed E-state index contributed by atoms with van der Waals surface area (Å²) >= 11 is 0. The van der Waals surface area contributed by atoms with Gasteiger partial charge in [0.1, 0.15) is 5.82 Å². The number of hydrogen-bond donors (Lipinski definition) is 1. The summed E-state index contributed by atoms with van der Waals surface area (Å²) in [6, 6.07) is 4.81. The number of amides is 1. The maximum atomic E-state index is 13.4. The Balaban J connectivity index is 1.78. The first kappa shape index (κ1) is 15.9. The molecule has 0 unspecified atom stereocenters. The quantitative estimate of drug-likeness (QED) is 0.886. The lowest BCUT2D eigenvalue weighted by Crippen LogP contribution is -2.28. The lowest BCUT2D eigenvalue weighted by molar-refractivity contribution is -0.123. The Labute approximate surface area is 127 Å². The van der Waals surface area contributed by atoms with Crippen LogP contribution in [0, 0.1) is 12.7 Å². The molecule has 0 fully saturated rings. The molecule has 0 atom stereocenters. The molecule has 118 valence electrons. The number of carbonyl (C=O) groups excluding carboxylic acids is 1. The lowest BCUT2D eigenvalue weighted by Gasteiger charge is -2.06. The van der Waals surface area contributed by atoms with E-state index in [4.69, 9.17) is 9.26 Å². The van der Waals surface area contributed by atoms with E-state index in [1.807, 2.05) is 13.8 Å². The van der Waals surface area contributed by atoms with E-state index >= 15 is 0 Å². The summed E-state index contributed by atoms with van der Waals surface area (Å²) in [6.45, 7) is 5.50. The second-order valence-corrected chi connectivity index (χ2v) is 5.22. The van der Waals surface area contributed by atoms with E-state index in [0.717, 1.165) is 0 Å². The van der Waals surface area contributed by atoms with E-state index in [9.17, 15) is 9.18 Å². The summed E-state index contributed by atoms with van der Waals surface area (Å²) in [7, 11) is 0. The molecule has 1 amide bonds. The van der Waals surface area contributed by atoms with Crippen molar-refractivity contribution < 1.29 is 18.4 Å². The molecule has 2 aromatic rings. The third-order valence-corrected chi connectivity index (χ3v) is 2.99. The molecule has 0 aliphatic carbocycles. The van der Waals surface area contributed by atoms with Crippen LogP contribution in [0.15, 0.2) is 22.7 Å². The van der Waals surface area contributed by atoms with E-state index in [-0.39, 0.29) is 36.9 Å². The summed E-state index contributed by atoms with van der Waals surface area (Å²) in [5.74, 6) is -0.0164. The predicted molar refractivity (Wildman–Crippen MR) is 76.9 cm³/mol. The average Bonchev–Trinajstić information content (AvgIpc) is 2.95. The topological polar surface area (TPSA) is 77.2 Å². The molecule has 7 heteroatoms. The fraction of sp³-hybridized carbons (Fsp3) is 0.400. The summed E-state index contributed by atoms with van der Waals surface area (Å²) in [4.78, 5) is 15.7. The molecular formula is C15H18FN3O3. The summed E-state index contributed by atoms with van der Waals surface area (Å²) in [5.41, 5.74) is 1.24. The Morgan fingerprint density at radius 2 is 2.23 bits per heavy atom. The van der Waals surface area contributed by atoms with Crippen LogP contribution >= 0.6 is 0 Å². The minimum Gasteiger partial charge on any atom is -0.439 e. The SMILES string of the molecule is Cc1ccc(CNC(=O)COc2nc(C(C)C)no2)cc1F. The van der Waals surface area contributed by atoms with Crippen molar-refractivity contribution in [1.82, 2.24) is 15.5 Å². The maximum absolute atomic E-state index is 13.4. The molecule has 0 aliphatic heterocycles. The molecule has 1 heterocycles. The maximum Gasteiger partial charge on any atom is 0.417 e. The Morgan fingerprint density at radius 1 is 1.45 bits per heavy atom. The third kappa shape index (κ3) is 4.28. The smallest absolute Gasteiger partial charge is 0.417 e. The van der Waals surface area contributed by atoms with Gasteiger partial charge >= 0.3 is 6.08 Å². The Kier molecular flexibility index (Phi) is 5.08. The van der Waals surface area contributed by atoms with E-state index in [1.54, 1.807) is 19.1 Å². The third-order valence-electron chi connectivity index (χ3n) is 2.99. The highest BCUT2D eigenvalue weighted by Crippen LogP contribution is 2.14. The highest BCUT2D eigenvalue weighted by Gasteiger charge is 2.12. The summed E-state index contributed by atoms with van der Waals surface area (Å²) in [5, 5.41) is 6.35. The van der Waals surface area contributed by atoms with Crippen LogP contribution in [-0.2, 0) is 11.3 Å². The van der Waals surface area contributed by atoms with Gasteiger partial charge in [0.15, 0.2) is 12.4 Å². The minimum atomic E-state index is -0.356. The second-order valence-electron chi connectivity index (χ2n) is 5.22. The van der Waals surface area contributed by atoms with Crippen LogP contribution in [0.25, 0.3) is 0 Å². The van der Waals surface area contributed by atoms with Gasteiger partial charge in [-0.05, 0) is 24.1 Å². The number of ether oxygens (including phenoxy) is 1. The van der Waals surface area contributed by atoms with Gasteiger partial charge in [-0.2, -0.15) is 4.98 Å². The van der Waals surface area contributed by atoms with E-state index < -0.39 is 0 Å². The minimum absolute atomic E-state index is 0.0415. The summed E-state index contributed by atoms with van der Waals surface area (Å²) in [6.07, 6.45) is -0.0415. The van der Waals surface area contributed by atoms with Crippen LogP contribution in [0.2, 0.25) is 0 Å². The first-order valence-electron chi connectivity index (χ1n) is 6.94. The first-order chi connectivity index (χ1) is 10.5. The number of carbonyl (C=O) groups is 1. The zero-order valence-electron chi connectivity index (χ0n) is 12.7. The lowest BCUT2D eigenvalue weighted by atomic mass is 10.1. The molecule has 0 saturated heterocycles. The molecular weight excluding hydrogens is 289 g/mol. The molecule has 0 saturated carbocycles. The standard InChI is InChI=1S/C15H18FN3O3/c1-9(2)14-18-15(22-19-14)21-8-13(20)17-7-11-5-4-10(3)12(16)6-11/h4-6,9H,7-8H2,1-3H3,(H,17,20). The molecule has 1 aromatic carbocycles. The molecule has 6 nitrogen and oxygen atoms in total. The normalized spacial score (nSPS) is 10.8. The number of aryl methyl sites for hydroxylation is 1. The van der Waals surface area contributed by atoms with Crippen LogP contribution in [0.4, 0.5) is 4.39 Å². The molecule has 0 aliphatic rings. The van der Waals surface area contributed by atoms with Gasteiger partial charge in [-0.3, -0.25) is 9.32 Å². The first-order valence-corrected chi connectivity index (χ1v) is 6.94. The van der Waals surface area contributed by atoms with Gasteiger partial charge in [-0.25, -0.2) is 4.39 Å². The highest BCUT2D eigenvalue weighted by atomic mass is 19.1. The number of rotatable bonds is 6. The number of nitrogens with zero attached hydrogens (tertiary/aromatic N) is 2. The Bertz CT molecular complexity index is 655. The Morgan fingerprint density at radius 3 is 2.86 bits per heavy atom. The largest absolute Gasteiger partial charge is 0.439 e. The molecule has 1 N–H and O–H groups in total. The molecule has 0 radical (unpaired) electrons. The van der Waals surface area contributed by atoms with Crippen LogP contribution in [0.1, 0.15) is 36.7 Å². The van der Waals surface area contributed by atoms with E-state index in [2.05, 4.69) is 15.5 Å². The fourth-order valence-corrected chi connectivity index (χ4v) is 1.64. The number of hydrogen-bond acceptors (Lipinski definition) is 5. The van der Waals surface area contributed by atoms with Crippen molar-refractivity contribution in [3.8, 4) is 6.08 Å². The number of benzene rings is 1. The van der Waals surface area contributed by atoms with Gasteiger partial charge in [-0.1, -0.05) is 31.1 Å². The molecule has 2 rings (SSSR count). The van der Waals surface area contributed by atoms with Gasteiger partial charge in [0.05, 0.1) is 0 Å². The predicted octanol–water partition coefficient (Wildman–Crippen LogP) is 2.34. The highest BCUT2D eigenvalue weighted by molar-refractivity contribution is 5.77. The van der Waals surface area contributed by atoms with E-state index in [0.29, 0.717) is 17.0 Å². The number of halogens is 1. The van der Waals surface area contributed by atoms with Crippen LogP contribution in [0.3, 0.4) is 0 Å². The molecule has 22 heavy (non-hydrogen) atoms. The van der Waals surface area contributed by atoms with Crippen molar-refractivity contribution in [2.24, 2.45) is 0 Å². The van der Waals surface area contributed by atoms with Crippen molar-refractivity contribution in [2.75, 3.05) is 6.61 Å². The second kappa shape index (κ2) is 7.02. The van der Waals surface area contributed by atoms with Crippen molar-refractivity contribution in [1.29, 1.82) is 0 Å².